The first kappa shape index (κ1) is 38.0. The molecular formula is C42H47N9O5. The molecule has 14 heteroatoms. The smallest absolute Gasteiger partial charge is 0.295 e. The number of benzene rings is 2. The minimum Gasteiger partial charge on any atom is -0.495 e. The SMILES string of the molecule is CCc1nc(C)oc1C(=O)Nc1nc2cc(C=O)cc(OCCCNC)c2n1C/C=C/Cn1c2nc(-c3cc(C)nn3CC)ccc2c2cc(C)cc(OC)c21. The first-order valence-electron chi connectivity index (χ1n) is 18.9. The number of pyridine rings is 1. The summed E-state index contributed by atoms with van der Waals surface area (Å²) in [6, 6.07) is 13.8. The first-order chi connectivity index (χ1) is 27.2. The van der Waals surface area contributed by atoms with Crippen molar-refractivity contribution in [1.29, 1.82) is 0 Å². The van der Waals surface area contributed by atoms with Crippen molar-refractivity contribution >= 4 is 51.1 Å². The second-order valence-electron chi connectivity index (χ2n) is 13.7. The Morgan fingerprint density at radius 2 is 1.73 bits per heavy atom. The van der Waals surface area contributed by atoms with Crippen molar-refractivity contribution < 1.29 is 23.5 Å². The molecule has 2 aromatic carbocycles. The predicted octanol–water partition coefficient (Wildman–Crippen LogP) is 7.22. The molecule has 0 aliphatic carbocycles. The first-order valence-corrected chi connectivity index (χ1v) is 18.9. The zero-order valence-corrected chi connectivity index (χ0v) is 32.9. The van der Waals surface area contributed by atoms with E-state index in [-0.39, 0.29) is 11.7 Å². The standard InChI is InChI=1S/C42H47N9O5/c1-8-31-39(56-27(5)44-31)41(53)47-42-46-33-22-28(24-52)23-36(55-18-12-15-43-6)38(33)50(42)17-11-10-16-49-37-30(19-25(3)20-35(37)54-7)29-13-14-32(45-40(29)49)34-21-26(4)48-51(34)9-2/h10-11,13-14,19-24,43H,8-9,12,15-18H2,1-7H3,(H,46,47,53)/b11-10+. The number of allylic oxidation sites excluding steroid dienone is 2. The third kappa shape index (κ3) is 7.27. The van der Waals surface area contributed by atoms with E-state index in [1.54, 1.807) is 26.2 Å². The highest BCUT2D eigenvalue weighted by molar-refractivity contribution is 6.09. The fraction of sp³-hybridized carbons (Fsp3) is 0.333. The van der Waals surface area contributed by atoms with E-state index in [1.165, 1.54) is 0 Å². The van der Waals surface area contributed by atoms with E-state index in [9.17, 15) is 9.59 Å². The lowest BCUT2D eigenvalue weighted by atomic mass is 10.1. The van der Waals surface area contributed by atoms with Crippen LogP contribution in [0.25, 0.3) is 44.4 Å². The maximum atomic E-state index is 13.6. The fourth-order valence-electron chi connectivity index (χ4n) is 7.21. The number of anilines is 1. The minimum atomic E-state index is -0.468. The number of aryl methyl sites for hydroxylation is 5. The highest BCUT2D eigenvalue weighted by Crippen LogP contribution is 2.37. The molecule has 2 N–H and O–H groups in total. The molecule has 5 aromatic heterocycles. The van der Waals surface area contributed by atoms with Gasteiger partial charge in [0.1, 0.15) is 28.9 Å². The zero-order chi connectivity index (χ0) is 39.5. The predicted molar refractivity (Wildman–Crippen MR) is 217 cm³/mol. The van der Waals surface area contributed by atoms with Crippen LogP contribution in [0.2, 0.25) is 0 Å². The largest absolute Gasteiger partial charge is 0.495 e. The molecule has 0 saturated heterocycles. The Balaban J connectivity index is 1.30. The summed E-state index contributed by atoms with van der Waals surface area (Å²) in [5, 5.41) is 12.8. The molecule has 14 nitrogen and oxygen atoms in total. The van der Waals surface area contributed by atoms with Gasteiger partial charge in [0.25, 0.3) is 5.91 Å². The number of hydrogen-bond acceptors (Lipinski definition) is 10. The topological polar surface area (TPSA) is 156 Å². The Kier molecular flexibility index (Phi) is 11.0. The molecule has 0 aliphatic rings. The summed E-state index contributed by atoms with van der Waals surface area (Å²) in [4.78, 5) is 40.0. The van der Waals surface area contributed by atoms with Gasteiger partial charge in [0.2, 0.25) is 11.7 Å². The van der Waals surface area contributed by atoms with Crippen LogP contribution >= 0.6 is 0 Å². The van der Waals surface area contributed by atoms with Crippen LogP contribution in [-0.2, 0) is 26.1 Å². The molecule has 0 spiro atoms. The molecule has 0 radical (unpaired) electrons. The van der Waals surface area contributed by atoms with Gasteiger partial charge in [0, 0.05) is 42.9 Å². The van der Waals surface area contributed by atoms with Crippen LogP contribution in [0.1, 0.15) is 64.0 Å². The van der Waals surface area contributed by atoms with Crippen LogP contribution in [0, 0.1) is 20.8 Å². The lowest BCUT2D eigenvalue weighted by Crippen LogP contribution is -2.17. The Labute approximate surface area is 324 Å². The highest BCUT2D eigenvalue weighted by atomic mass is 16.5. The summed E-state index contributed by atoms with van der Waals surface area (Å²) in [5.41, 5.74) is 7.69. The van der Waals surface area contributed by atoms with Gasteiger partial charge in [0.15, 0.2) is 5.89 Å². The number of amides is 1. The van der Waals surface area contributed by atoms with Gasteiger partial charge in [-0.1, -0.05) is 19.1 Å². The summed E-state index contributed by atoms with van der Waals surface area (Å²) in [6.45, 7) is 12.4. The summed E-state index contributed by atoms with van der Waals surface area (Å²) in [7, 11) is 3.57. The van der Waals surface area contributed by atoms with Crippen molar-refractivity contribution in [2.24, 2.45) is 0 Å². The number of fused-ring (bicyclic) bond motifs is 4. The van der Waals surface area contributed by atoms with E-state index in [2.05, 4.69) is 69.5 Å². The van der Waals surface area contributed by atoms with E-state index in [0.717, 1.165) is 76.1 Å². The summed E-state index contributed by atoms with van der Waals surface area (Å²) in [6.07, 6.45) is 6.12. The van der Waals surface area contributed by atoms with Crippen molar-refractivity contribution in [2.75, 3.05) is 32.6 Å². The maximum Gasteiger partial charge on any atom is 0.295 e. The fourth-order valence-corrected chi connectivity index (χ4v) is 7.21. The number of carbonyl (C=O) groups excluding carboxylic acids is 2. The van der Waals surface area contributed by atoms with Crippen LogP contribution in [0.4, 0.5) is 5.95 Å². The van der Waals surface area contributed by atoms with Crippen LogP contribution in [-0.4, -0.2) is 73.4 Å². The lowest BCUT2D eigenvalue weighted by molar-refractivity contribution is 0.0992. The van der Waals surface area contributed by atoms with Gasteiger partial charge in [-0.2, -0.15) is 5.10 Å². The van der Waals surface area contributed by atoms with Crippen molar-refractivity contribution in [2.45, 2.75) is 67.1 Å². The Hall–Kier alpha value is -6.28. The third-order valence-corrected chi connectivity index (χ3v) is 9.70. The number of hydrogen-bond donors (Lipinski definition) is 2. The van der Waals surface area contributed by atoms with Gasteiger partial charge in [0.05, 0.1) is 47.5 Å². The Morgan fingerprint density at radius 1 is 0.929 bits per heavy atom. The number of carbonyl (C=O) groups is 2. The molecule has 0 bridgehead atoms. The number of aromatic nitrogens is 7. The van der Waals surface area contributed by atoms with Crippen molar-refractivity contribution in [3.05, 3.63) is 88.8 Å². The van der Waals surface area contributed by atoms with E-state index in [1.807, 2.05) is 42.3 Å². The average Bonchev–Trinajstić information content (AvgIpc) is 3.95. The number of nitrogens with zero attached hydrogens (tertiary/aromatic N) is 7. The third-order valence-electron chi connectivity index (χ3n) is 9.70. The Morgan fingerprint density at radius 3 is 2.46 bits per heavy atom. The average molecular weight is 758 g/mol. The number of imidazole rings is 1. The molecule has 0 fully saturated rings. The second kappa shape index (κ2) is 16.2. The summed E-state index contributed by atoms with van der Waals surface area (Å²) >= 11 is 0. The van der Waals surface area contributed by atoms with Gasteiger partial charge in [-0.3, -0.25) is 19.6 Å². The normalized spacial score (nSPS) is 11.8. The number of oxazole rings is 1. The molecule has 0 saturated carbocycles. The van der Waals surface area contributed by atoms with E-state index in [4.69, 9.17) is 23.9 Å². The monoisotopic (exact) mass is 757 g/mol. The van der Waals surface area contributed by atoms with Crippen molar-refractivity contribution in [3.8, 4) is 22.9 Å². The number of ether oxygens (including phenoxy) is 2. The maximum absolute atomic E-state index is 13.6. The number of methoxy groups -OCH3 is 1. The van der Waals surface area contributed by atoms with Gasteiger partial charge in [-0.15, -0.1) is 0 Å². The lowest BCUT2D eigenvalue weighted by Gasteiger charge is -2.12. The summed E-state index contributed by atoms with van der Waals surface area (Å²) in [5.74, 6) is 1.60. The van der Waals surface area contributed by atoms with Crippen LogP contribution in [0.15, 0.2) is 59.0 Å². The molecular weight excluding hydrogens is 711 g/mol. The second-order valence-corrected chi connectivity index (χ2v) is 13.7. The van der Waals surface area contributed by atoms with Gasteiger partial charge < -0.3 is 28.3 Å². The summed E-state index contributed by atoms with van der Waals surface area (Å²) < 4.78 is 23.9. The number of aldehydes is 1. The van der Waals surface area contributed by atoms with Gasteiger partial charge in [-0.25, -0.2) is 15.0 Å². The molecule has 56 heavy (non-hydrogen) atoms. The molecule has 7 rings (SSSR count). The van der Waals surface area contributed by atoms with Gasteiger partial charge in [-0.05, 0) is 95.2 Å². The molecule has 0 atom stereocenters. The molecule has 7 aromatic rings. The number of rotatable bonds is 16. The highest BCUT2D eigenvalue weighted by Gasteiger charge is 2.23. The molecule has 0 unspecified atom stereocenters. The van der Waals surface area contributed by atoms with Crippen molar-refractivity contribution in [3.63, 3.8) is 0 Å². The van der Waals surface area contributed by atoms with Crippen LogP contribution < -0.4 is 20.1 Å². The van der Waals surface area contributed by atoms with Crippen LogP contribution in [0.5, 0.6) is 11.5 Å². The molecule has 290 valence electrons. The van der Waals surface area contributed by atoms with Crippen molar-refractivity contribution in [1.82, 2.24) is 39.2 Å². The Bertz CT molecular complexity index is 2610. The van der Waals surface area contributed by atoms with Gasteiger partial charge >= 0.3 is 0 Å². The number of nitrogens with one attached hydrogen (secondary N) is 2. The van der Waals surface area contributed by atoms with E-state index in [0.29, 0.717) is 60.0 Å². The minimum absolute atomic E-state index is 0.135. The zero-order valence-electron chi connectivity index (χ0n) is 32.9. The molecule has 1 amide bonds. The quantitative estimate of drug-likeness (QED) is 0.0587. The molecule has 5 heterocycles. The van der Waals surface area contributed by atoms with E-state index >= 15 is 0 Å². The van der Waals surface area contributed by atoms with Crippen LogP contribution in [0.3, 0.4) is 0 Å². The van der Waals surface area contributed by atoms with E-state index < -0.39 is 5.91 Å². The molecule has 0 aliphatic heterocycles.